The summed E-state index contributed by atoms with van der Waals surface area (Å²) in [7, 11) is 1.60. The second-order valence-corrected chi connectivity index (χ2v) is 6.81. The number of carbonyl (C=O) groups excluding carboxylic acids is 2. The Bertz CT molecular complexity index is 988. The van der Waals surface area contributed by atoms with Gasteiger partial charge in [0.25, 0.3) is 11.8 Å². The van der Waals surface area contributed by atoms with Gasteiger partial charge >= 0.3 is 0 Å². The van der Waals surface area contributed by atoms with Crippen LogP contribution < -0.4 is 15.4 Å². The van der Waals surface area contributed by atoms with Gasteiger partial charge in [0.2, 0.25) is 0 Å². The first-order valence-corrected chi connectivity index (χ1v) is 9.53. The molecule has 3 rings (SSSR count). The van der Waals surface area contributed by atoms with Crippen LogP contribution in [0.4, 0.5) is 11.4 Å². The van der Waals surface area contributed by atoms with Crippen LogP contribution in [0.15, 0.2) is 69.8 Å². The summed E-state index contributed by atoms with van der Waals surface area (Å²) in [6.45, 7) is 0.888. The Labute approximate surface area is 176 Å². The first kappa shape index (κ1) is 20.6. The molecule has 0 aliphatic carbocycles. The van der Waals surface area contributed by atoms with Crippen molar-refractivity contribution in [1.29, 1.82) is 0 Å². The van der Waals surface area contributed by atoms with Gasteiger partial charge in [0.15, 0.2) is 5.76 Å². The molecule has 0 saturated heterocycles. The average molecular weight is 459 g/mol. The van der Waals surface area contributed by atoms with E-state index in [0.717, 1.165) is 0 Å². The number of rotatable bonds is 8. The first-order chi connectivity index (χ1) is 14.1. The Hall–Kier alpha value is -3.10. The minimum Gasteiger partial charge on any atom is -0.490 e. The topological polar surface area (TPSA) is 89.8 Å². The highest BCUT2D eigenvalue weighted by Crippen LogP contribution is 2.26. The van der Waals surface area contributed by atoms with Crippen LogP contribution in [-0.2, 0) is 4.74 Å². The first-order valence-electron chi connectivity index (χ1n) is 8.74. The molecule has 0 saturated carbocycles. The summed E-state index contributed by atoms with van der Waals surface area (Å²) in [4.78, 5) is 24.6. The van der Waals surface area contributed by atoms with Crippen LogP contribution in [0.1, 0.15) is 20.9 Å². The summed E-state index contributed by atoms with van der Waals surface area (Å²) in [6, 6.07) is 15.1. The Kier molecular flexibility index (Phi) is 7.04. The van der Waals surface area contributed by atoms with Crippen molar-refractivity contribution >= 4 is 39.1 Å². The number of anilines is 2. The smallest absolute Gasteiger partial charge is 0.291 e. The molecule has 0 spiro atoms. The van der Waals surface area contributed by atoms with Crippen molar-refractivity contribution in [2.75, 3.05) is 31.0 Å². The number of ether oxygens (including phenoxy) is 2. The van der Waals surface area contributed by atoms with Crippen molar-refractivity contribution in [2.45, 2.75) is 0 Å². The second-order valence-electron chi connectivity index (χ2n) is 5.95. The molecule has 2 N–H and O–H groups in total. The molecular weight excluding hydrogens is 440 g/mol. The maximum atomic E-state index is 12.6. The Morgan fingerprint density at radius 1 is 0.966 bits per heavy atom. The van der Waals surface area contributed by atoms with Crippen LogP contribution >= 0.6 is 15.9 Å². The monoisotopic (exact) mass is 458 g/mol. The molecule has 0 aliphatic rings. The van der Waals surface area contributed by atoms with E-state index in [1.807, 2.05) is 0 Å². The molecule has 0 radical (unpaired) electrons. The van der Waals surface area contributed by atoms with Gasteiger partial charge in [-0.3, -0.25) is 9.59 Å². The molecule has 0 unspecified atom stereocenters. The molecule has 3 aromatic rings. The highest BCUT2D eigenvalue weighted by Gasteiger charge is 2.12. The second kappa shape index (κ2) is 9.90. The number of hydrogen-bond acceptors (Lipinski definition) is 5. The lowest BCUT2D eigenvalue weighted by Gasteiger charge is -2.11. The van der Waals surface area contributed by atoms with E-state index in [2.05, 4.69) is 26.6 Å². The van der Waals surface area contributed by atoms with Gasteiger partial charge in [-0.05, 0) is 64.5 Å². The van der Waals surface area contributed by atoms with E-state index < -0.39 is 0 Å². The minimum absolute atomic E-state index is 0.206. The third-order valence-electron chi connectivity index (χ3n) is 3.86. The standard InChI is InChI=1S/C21H19BrN2O5/c1-27-10-11-29-18-8-7-14(12-17(18)22)20(25)23-15-4-2-5-16(13-15)24-21(26)19-6-3-9-28-19/h2-9,12-13H,10-11H2,1H3,(H,23,25)(H,24,26). The van der Waals surface area contributed by atoms with Gasteiger partial charge in [-0.1, -0.05) is 6.07 Å². The summed E-state index contributed by atoms with van der Waals surface area (Å²) in [6.07, 6.45) is 1.43. The number of halogens is 1. The summed E-state index contributed by atoms with van der Waals surface area (Å²) in [5.41, 5.74) is 1.54. The van der Waals surface area contributed by atoms with E-state index >= 15 is 0 Å². The fraction of sp³-hybridized carbons (Fsp3) is 0.143. The number of amides is 2. The minimum atomic E-state index is -0.369. The summed E-state index contributed by atoms with van der Waals surface area (Å²) >= 11 is 3.41. The molecule has 0 fully saturated rings. The van der Waals surface area contributed by atoms with Crippen LogP contribution in [0, 0.1) is 0 Å². The van der Waals surface area contributed by atoms with E-state index in [-0.39, 0.29) is 17.6 Å². The van der Waals surface area contributed by atoms with E-state index in [1.54, 1.807) is 61.7 Å². The van der Waals surface area contributed by atoms with Crippen LogP contribution in [0.3, 0.4) is 0 Å². The predicted octanol–water partition coefficient (Wildman–Crippen LogP) is 4.57. The highest BCUT2D eigenvalue weighted by molar-refractivity contribution is 9.10. The maximum Gasteiger partial charge on any atom is 0.291 e. The van der Waals surface area contributed by atoms with Crippen molar-refractivity contribution in [3.8, 4) is 5.75 Å². The quantitative estimate of drug-likeness (QED) is 0.482. The largest absolute Gasteiger partial charge is 0.490 e. The zero-order chi connectivity index (χ0) is 20.6. The van der Waals surface area contributed by atoms with Gasteiger partial charge < -0.3 is 24.5 Å². The molecule has 29 heavy (non-hydrogen) atoms. The van der Waals surface area contributed by atoms with Crippen molar-refractivity contribution in [3.05, 3.63) is 76.7 Å². The van der Waals surface area contributed by atoms with Gasteiger partial charge in [-0.2, -0.15) is 0 Å². The molecule has 8 heteroatoms. The van der Waals surface area contributed by atoms with E-state index in [0.29, 0.717) is 40.4 Å². The summed E-state index contributed by atoms with van der Waals surface area (Å²) in [5, 5.41) is 5.53. The van der Waals surface area contributed by atoms with Gasteiger partial charge in [0.1, 0.15) is 12.4 Å². The molecule has 1 heterocycles. The van der Waals surface area contributed by atoms with Crippen LogP contribution in [0.25, 0.3) is 0 Å². The summed E-state index contributed by atoms with van der Waals surface area (Å²) < 4.78 is 16.2. The van der Waals surface area contributed by atoms with Gasteiger partial charge in [-0.15, -0.1) is 0 Å². The van der Waals surface area contributed by atoms with Crippen molar-refractivity contribution < 1.29 is 23.5 Å². The normalized spacial score (nSPS) is 10.4. The van der Waals surface area contributed by atoms with Crippen LogP contribution in [-0.4, -0.2) is 32.1 Å². The fourth-order valence-electron chi connectivity index (χ4n) is 2.47. The van der Waals surface area contributed by atoms with E-state index in [9.17, 15) is 9.59 Å². The number of benzene rings is 2. The fourth-order valence-corrected chi connectivity index (χ4v) is 2.97. The number of furan rings is 1. The van der Waals surface area contributed by atoms with Crippen molar-refractivity contribution in [2.24, 2.45) is 0 Å². The predicted molar refractivity (Wildman–Crippen MR) is 113 cm³/mol. The molecule has 0 atom stereocenters. The Balaban J connectivity index is 1.64. The molecule has 2 amide bonds. The molecule has 0 bridgehead atoms. The third-order valence-corrected chi connectivity index (χ3v) is 4.48. The van der Waals surface area contributed by atoms with Crippen molar-refractivity contribution in [1.82, 2.24) is 0 Å². The van der Waals surface area contributed by atoms with Gasteiger partial charge in [0.05, 0.1) is 17.3 Å². The number of nitrogens with one attached hydrogen (secondary N) is 2. The maximum absolute atomic E-state index is 12.6. The van der Waals surface area contributed by atoms with E-state index in [1.165, 1.54) is 6.26 Å². The SMILES string of the molecule is COCCOc1ccc(C(=O)Nc2cccc(NC(=O)c3ccco3)c2)cc1Br. The van der Waals surface area contributed by atoms with Crippen LogP contribution in [0.5, 0.6) is 5.75 Å². The highest BCUT2D eigenvalue weighted by atomic mass is 79.9. The Morgan fingerprint density at radius 3 is 2.38 bits per heavy atom. The molecule has 7 nitrogen and oxygen atoms in total. The van der Waals surface area contributed by atoms with Gasteiger partial charge in [0, 0.05) is 24.0 Å². The van der Waals surface area contributed by atoms with Crippen LogP contribution in [0.2, 0.25) is 0 Å². The Morgan fingerprint density at radius 2 is 1.72 bits per heavy atom. The molecule has 150 valence electrons. The van der Waals surface area contributed by atoms with E-state index in [4.69, 9.17) is 13.9 Å². The molecule has 0 aliphatic heterocycles. The lowest BCUT2D eigenvalue weighted by atomic mass is 10.2. The molecular formula is C21H19BrN2O5. The zero-order valence-electron chi connectivity index (χ0n) is 15.6. The number of carbonyl (C=O) groups is 2. The third kappa shape index (κ3) is 5.69. The average Bonchev–Trinajstić information content (AvgIpc) is 3.24. The lowest BCUT2D eigenvalue weighted by molar-refractivity contribution is 0.0995. The molecule has 2 aromatic carbocycles. The summed E-state index contributed by atoms with van der Waals surface area (Å²) in [5.74, 6) is 0.174. The van der Waals surface area contributed by atoms with Crippen molar-refractivity contribution in [3.63, 3.8) is 0 Å². The number of methoxy groups -OCH3 is 1. The lowest BCUT2D eigenvalue weighted by Crippen LogP contribution is -2.14. The van der Waals surface area contributed by atoms with Gasteiger partial charge in [-0.25, -0.2) is 0 Å². The molecule has 1 aromatic heterocycles. The zero-order valence-corrected chi connectivity index (χ0v) is 17.2. The number of hydrogen-bond donors (Lipinski definition) is 2.